The Labute approximate surface area is 272 Å². The van der Waals surface area contributed by atoms with Crippen molar-refractivity contribution in [3.8, 4) is 0 Å². The first-order chi connectivity index (χ1) is 21.3. The van der Waals surface area contributed by atoms with Crippen LogP contribution in [0.5, 0.6) is 0 Å². The van der Waals surface area contributed by atoms with E-state index in [4.69, 9.17) is 9.47 Å². The summed E-state index contributed by atoms with van der Waals surface area (Å²) in [4.78, 5) is 12.9. The highest BCUT2D eigenvalue weighted by Crippen LogP contribution is 2.74. The van der Waals surface area contributed by atoms with E-state index in [1.54, 1.807) is 0 Å². The summed E-state index contributed by atoms with van der Waals surface area (Å²) in [5.74, 6) is -0.752. The summed E-state index contributed by atoms with van der Waals surface area (Å²) in [6.45, 7) is 12.4. The van der Waals surface area contributed by atoms with E-state index in [2.05, 4.69) is 46.8 Å². The van der Waals surface area contributed by atoms with E-state index in [1.807, 2.05) is 6.92 Å². The standard InChI is InChI=1S/C36H56O10/c1-31(2)11-13-36(30(43)44)14-12-34(5)19(20(36)15-31)7-8-24-32(3)16-21(39)28(33(4,18-38)23(32)9-10-35(24,34)6)46-29-27(42)26(41)25(40)22(17-37)45-29/h7-8,21-29,37-42H,9-18H2,1-6H3,(H,43,44)/t21-,22+,23+,24+,25+,26-,27+,28-,29-,32-,33-,34+,35+,36-/m0/s1. The van der Waals surface area contributed by atoms with Crippen LogP contribution in [0.2, 0.25) is 0 Å². The van der Waals surface area contributed by atoms with Gasteiger partial charge in [0.15, 0.2) is 6.29 Å². The molecule has 0 bridgehead atoms. The lowest BCUT2D eigenvalue weighted by Crippen LogP contribution is -2.69. The average molecular weight is 649 g/mol. The molecule has 260 valence electrons. The van der Waals surface area contributed by atoms with Gasteiger partial charge in [-0.25, -0.2) is 0 Å². The van der Waals surface area contributed by atoms with Gasteiger partial charge in [-0.3, -0.25) is 4.79 Å². The third kappa shape index (κ3) is 4.54. The topological polar surface area (TPSA) is 177 Å². The Morgan fingerprint density at radius 3 is 2.24 bits per heavy atom. The molecule has 7 N–H and O–H groups in total. The zero-order valence-electron chi connectivity index (χ0n) is 28.3. The summed E-state index contributed by atoms with van der Waals surface area (Å²) < 4.78 is 11.9. The van der Waals surface area contributed by atoms with Crippen LogP contribution in [0, 0.1) is 44.3 Å². The zero-order chi connectivity index (χ0) is 33.8. The van der Waals surface area contributed by atoms with Gasteiger partial charge in [0.1, 0.15) is 24.4 Å². The molecule has 6 rings (SSSR count). The lowest BCUT2D eigenvalue weighted by Gasteiger charge is -2.70. The molecule has 14 atom stereocenters. The predicted octanol–water partition coefficient (Wildman–Crippen LogP) is 2.92. The van der Waals surface area contributed by atoms with Gasteiger partial charge in [-0.2, -0.15) is 0 Å². The molecule has 1 aliphatic heterocycles. The molecule has 0 aromatic rings. The molecule has 0 radical (unpaired) electrons. The van der Waals surface area contributed by atoms with Gasteiger partial charge in [-0.15, -0.1) is 0 Å². The van der Waals surface area contributed by atoms with E-state index >= 15 is 0 Å². The third-order valence-corrected chi connectivity index (χ3v) is 14.6. The van der Waals surface area contributed by atoms with Crippen molar-refractivity contribution in [1.29, 1.82) is 0 Å². The van der Waals surface area contributed by atoms with Crippen molar-refractivity contribution in [1.82, 2.24) is 0 Å². The maximum Gasteiger partial charge on any atom is 0.313 e. The maximum atomic E-state index is 12.9. The quantitative estimate of drug-likeness (QED) is 0.219. The van der Waals surface area contributed by atoms with Gasteiger partial charge in [-0.05, 0) is 96.0 Å². The van der Waals surface area contributed by atoms with Crippen LogP contribution in [0.15, 0.2) is 23.3 Å². The summed E-state index contributed by atoms with van der Waals surface area (Å²) in [5.41, 5.74) is -0.356. The number of allylic oxidation sites excluding steroid dienone is 3. The number of carboxylic acid groups (broad SMARTS) is 1. The summed E-state index contributed by atoms with van der Waals surface area (Å²) in [5, 5.41) is 74.5. The van der Waals surface area contributed by atoms with E-state index in [1.165, 1.54) is 5.57 Å². The number of ether oxygens (including phenoxy) is 2. The number of carboxylic acids is 1. The fourth-order valence-corrected chi connectivity index (χ4v) is 11.7. The van der Waals surface area contributed by atoms with Crippen LogP contribution in [0.1, 0.15) is 92.9 Å². The minimum atomic E-state index is -1.61. The third-order valence-electron chi connectivity index (χ3n) is 14.6. The Hall–Kier alpha value is -1.37. The molecular weight excluding hydrogens is 592 g/mol. The smallest absolute Gasteiger partial charge is 0.313 e. The average Bonchev–Trinajstić information content (AvgIpc) is 2.98. The highest BCUT2D eigenvalue weighted by atomic mass is 16.7. The van der Waals surface area contributed by atoms with Gasteiger partial charge in [0, 0.05) is 5.41 Å². The molecule has 46 heavy (non-hydrogen) atoms. The Morgan fingerprint density at radius 2 is 1.61 bits per heavy atom. The van der Waals surface area contributed by atoms with Crippen LogP contribution in [-0.4, -0.2) is 97.8 Å². The van der Waals surface area contributed by atoms with Crippen LogP contribution >= 0.6 is 0 Å². The van der Waals surface area contributed by atoms with Crippen molar-refractivity contribution in [3.63, 3.8) is 0 Å². The molecule has 0 unspecified atom stereocenters. The first-order valence-corrected chi connectivity index (χ1v) is 17.3. The second-order valence-electron chi connectivity index (χ2n) is 17.5. The molecule has 1 saturated heterocycles. The van der Waals surface area contributed by atoms with Crippen molar-refractivity contribution in [2.24, 2.45) is 44.3 Å². The Morgan fingerprint density at radius 1 is 0.935 bits per heavy atom. The van der Waals surface area contributed by atoms with E-state index in [0.29, 0.717) is 19.3 Å². The van der Waals surface area contributed by atoms with Crippen molar-refractivity contribution >= 4 is 5.97 Å². The van der Waals surface area contributed by atoms with Crippen LogP contribution in [-0.2, 0) is 14.3 Å². The van der Waals surface area contributed by atoms with Crippen LogP contribution in [0.4, 0.5) is 0 Å². The second kappa shape index (κ2) is 11.1. The summed E-state index contributed by atoms with van der Waals surface area (Å²) in [7, 11) is 0. The molecular formula is C36H56O10. The van der Waals surface area contributed by atoms with Crippen molar-refractivity contribution < 1.29 is 50.0 Å². The van der Waals surface area contributed by atoms with Crippen LogP contribution in [0.3, 0.4) is 0 Å². The number of aliphatic hydroxyl groups excluding tert-OH is 6. The molecule has 0 spiro atoms. The molecule has 6 aliphatic rings. The van der Waals surface area contributed by atoms with E-state index in [-0.39, 0.29) is 34.7 Å². The van der Waals surface area contributed by atoms with Gasteiger partial charge in [0.2, 0.25) is 0 Å². The lowest BCUT2D eigenvalue weighted by atomic mass is 9.35. The molecule has 5 aliphatic carbocycles. The first-order valence-electron chi connectivity index (χ1n) is 17.3. The summed E-state index contributed by atoms with van der Waals surface area (Å²) in [6.07, 6.45) is 0.872. The van der Waals surface area contributed by atoms with E-state index in [9.17, 15) is 40.5 Å². The van der Waals surface area contributed by atoms with Crippen LogP contribution in [0.25, 0.3) is 0 Å². The fraction of sp³-hybridized carbons (Fsp3) is 0.861. The molecule has 10 heteroatoms. The minimum absolute atomic E-state index is 0.0289. The molecule has 3 saturated carbocycles. The molecule has 0 aromatic heterocycles. The number of aliphatic carboxylic acids is 1. The Bertz CT molecular complexity index is 1290. The van der Waals surface area contributed by atoms with Crippen LogP contribution < -0.4 is 0 Å². The SMILES string of the molecule is CC1(C)CC[C@]2(C(=O)O)CC[C@]3(C)C(=C2C1)C=C[C@@H]1[C@@]2(C)C[C@H](O)[C@H](O[C@@H]4O[C@H](CO)[C@@H](O)[C@H](O)[C@H]4O)[C@@](C)(CO)[C@@H]2CC[C@]13C. The normalized spacial score (nSPS) is 53.1. The first kappa shape index (κ1) is 34.5. The lowest BCUT2D eigenvalue weighted by molar-refractivity contribution is -0.344. The molecule has 0 aromatic carbocycles. The van der Waals surface area contributed by atoms with Gasteiger partial charge in [-0.1, -0.05) is 53.7 Å². The maximum absolute atomic E-state index is 12.9. The van der Waals surface area contributed by atoms with Gasteiger partial charge < -0.3 is 45.2 Å². The van der Waals surface area contributed by atoms with Gasteiger partial charge in [0.25, 0.3) is 0 Å². The zero-order valence-corrected chi connectivity index (χ0v) is 28.3. The predicted molar refractivity (Wildman–Crippen MR) is 168 cm³/mol. The number of fused-ring (bicyclic) bond motifs is 6. The highest BCUT2D eigenvalue weighted by molar-refractivity contribution is 5.80. The number of hydrogen-bond acceptors (Lipinski definition) is 9. The van der Waals surface area contributed by atoms with Crippen molar-refractivity contribution in [3.05, 3.63) is 23.3 Å². The number of carbonyl (C=O) groups is 1. The number of aliphatic hydroxyl groups is 6. The second-order valence-corrected chi connectivity index (χ2v) is 17.5. The number of rotatable bonds is 5. The molecule has 4 fully saturated rings. The Balaban J connectivity index is 1.38. The largest absolute Gasteiger partial charge is 0.481 e. The summed E-state index contributed by atoms with van der Waals surface area (Å²) in [6, 6.07) is 0. The molecule has 1 heterocycles. The molecule has 0 amide bonds. The monoisotopic (exact) mass is 648 g/mol. The highest BCUT2D eigenvalue weighted by Gasteiger charge is 2.69. The van der Waals surface area contributed by atoms with E-state index in [0.717, 1.165) is 37.7 Å². The van der Waals surface area contributed by atoms with Gasteiger partial charge >= 0.3 is 5.97 Å². The number of hydrogen-bond donors (Lipinski definition) is 7. The molecule has 10 nitrogen and oxygen atoms in total. The Kier molecular flexibility index (Phi) is 8.30. The van der Waals surface area contributed by atoms with E-state index < -0.39 is 71.7 Å². The van der Waals surface area contributed by atoms with Gasteiger partial charge in [0.05, 0.1) is 30.8 Å². The van der Waals surface area contributed by atoms with Crippen molar-refractivity contribution in [2.75, 3.05) is 13.2 Å². The summed E-state index contributed by atoms with van der Waals surface area (Å²) >= 11 is 0. The minimum Gasteiger partial charge on any atom is -0.481 e. The fourth-order valence-electron chi connectivity index (χ4n) is 11.7. The van der Waals surface area contributed by atoms with Crippen molar-refractivity contribution in [2.45, 2.75) is 136 Å².